The van der Waals surface area contributed by atoms with E-state index in [2.05, 4.69) is 4.98 Å². The monoisotopic (exact) mass is 515 g/mol. The van der Waals surface area contributed by atoms with Crippen LogP contribution in [0.15, 0.2) is 29.8 Å². The summed E-state index contributed by atoms with van der Waals surface area (Å²) in [5, 5.41) is 14.3. The zero-order chi connectivity index (χ0) is 26.0. The molecule has 1 aromatic carbocycles. The molecule has 1 aromatic heterocycles. The average Bonchev–Trinajstić information content (AvgIpc) is 3.31. The standard InChI is InChI=1S/C26H30ClN3O6/c1-15-19(16(2)28-21(15)26(34)35-3)23(31)20-22(17-6-4-7-18(27)14-17)30(25(33)24(20)32)9-5-8-29-10-12-36-13-11-29/h4,6-7,14,22,28,31H,5,8-13H2,1-3H3/b23-20+. The first kappa shape index (κ1) is 25.9. The Kier molecular flexibility index (Phi) is 7.82. The number of Topliss-reactive ketones (excluding diaryl/α,β-unsaturated/α-hetero) is 1. The number of esters is 1. The molecule has 0 spiro atoms. The number of methoxy groups -OCH3 is 1. The second-order valence-electron chi connectivity index (χ2n) is 9.11. The highest BCUT2D eigenvalue weighted by Gasteiger charge is 2.44. The van der Waals surface area contributed by atoms with Crippen LogP contribution in [-0.4, -0.2) is 74.0 Å². The molecule has 9 nitrogen and oxygen atoms in total. The lowest BCUT2D eigenvalue weighted by Crippen LogP contribution is -3.14. The summed E-state index contributed by atoms with van der Waals surface area (Å²) in [5.41, 5.74) is 1.57. The van der Waals surface area contributed by atoms with Gasteiger partial charge in [0.2, 0.25) is 5.78 Å². The summed E-state index contributed by atoms with van der Waals surface area (Å²) in [7, 11) is 1.25. The van der Waals surface area contributed by atoms with E-state index in [9.17, 15) is 19.5 Å². The second-order valence-corrected chi connectivity index (χ2v) is 9.55. The van der Waals surface area contributed by atoms with Gasteiger partial charge in [-0.25, -0.2) is 4.79 Å². The number of carbonyl (C=O) groups excluding carboxylic acids is 3. The van der Waals surface area contributed by atoms with Crippen LogP contribution in [-0.2, 0) is 19.1 Å². The van der Waals surface area contributed by atoms with Crippen LogP contribution in [0.2, 0.25) is 5.02 Å². The lowest BCUT2D eigenvalue weighted by Gasteiger charge is -2.29. The smallest absolute Gasteiger partial charge is 0.354 e. The number of ketones is 1. The Morgan fingerprint density at radius 2 is 2.00 bits per heavy atom. The summed E-state index contributed by atoms with van der Waals surface area (Å²) in [4.78, 5) is 44.4. The molecule has 0 saturated carbocycles. The highest BCUT2D eigenvalue weighted by Crippen LogP contribution is 2.40. The predicted molar refractivity (Wildman–Crippen MR) is 130 cm³/mol. The van der Waals surface area contributed by atoms with Gasteiger partial charge >= 0.3 is 5.97 Å². The molecule has 2 aliphatic rings. The number of likely N-dealkylation sites (tertiary alicyclic amines) is 1. The van der Waals surface area contributed by atoms with Crippen molar-refractivity contribution < 1.29 is 33.9 Å². The molecule has 2 N–H and O–H groups in total. The summed E-state index contributed by atoms with van der Waals surface area (Å²) in [6.45, 7) is 7.61. The molecule has 1 unspecified atom stereocenters. The van der Waals surface area contributed by atoms with Crippen molar-refractivity contribution in [3.63, 3.8) is 0 Å². The first-order valence-corrected chi connectivity index (χ1v) is 12.3. The number of rotatable bonds is 7. The highest BCUT2D eigenvalue weighted by molar-refractivity contribution is 6.46. The minimum absolute atomic E-state index is 0.136. The molecule has 0 aliphatic carbocycles. The summed E-state index contributed by atoms with van der Waals surface area (Å²) in [6.07, 6.45) is 0.668. The van der Waals surface area contributed by atoms with Gasteiger partial charge in [-0.3, -0.25) is 9.59 Å². The van der Waals surface area contributed by atoms with Gasteiger partial charge in [-0.1, -0.05) is 29.5 Å². The Labute approximate surface area is 214 Å². The number of ether oxygens (including phenoxy) is 2. The number of aromatic amines is 1. The molecule has 0 bridgehead atoms. The van der Waals surface area contributed by atoms with Crippen LogP contribution in [0.1, 0.15) is 45.3 Å². The lowest BCUT2D eigenvalue weighted by atomic mass is 9.94. The number of hydrogen-bond donors (Lipinski definition) is 2. The SMILES string of the molecule is COC(=O)c1[nH]c(C)c(/C([O-])=C2\C(=O)C(=O)N(CCC[NH+]3CCOCC3)C2c2cccc(Cl)c2)c1C. The van der Waals surface area contributed by atoms with Gasteiger partial charge in [0, 0.05) is 29.3 Å². The van der Waals surface area contributed by atoms with E-state index in [1.54, 1.807) is 38.1 Å². The number of nitrogens with zero attached hydrogens (tertiary/aromatic N) is 1. The van der Waals surface area contributed by atoms with Gasteiger partial charge < -0.3 is 29.4 Å². The van der Waals surface area contributed by atoms with E-state index in [4.69, 9.17) is 21.1 Å². The van der Waals surface area contributed by atoms with Crippen molar-refractivity contribution in [3.8, 4) is 0 Å². The first-order valence-electron chi connectivity index (χ1n) is 12.0. The van der Waals surface area contributed by atoms with Crippen LogP contribution < -0.4 is 10.0 Å². The molecule has 1 amide bonds. The van der Waals surface area contributed by atoms with E-state index in [0.717, 1.165) is 19.6 Å². The minimum Gasteiger partial charge on any atom is -0.872 e. The second kappa shape index (κ2) is 10.9. The molecule has 192 valence electrons. The van der Waals surface area contributed by atoms with E-state index in [0.29, 0.717) is 48.0 Å². The topological polar surface area (TPSA) is 116 Å². The molecule has 2 fully saturated rings. The number of carbonyl (C=O) groups is 3. The van der Waals surface area contributed by atoms with Crippen molar-refractivity contribution in [3.05, 3.63) is 62.9 Å². The van der Waals surface area contributed by atoms with E-state index in [-0.39, 0.29) is 16.8 Å². The summed E-state index contributed by atoms with van der Waals surface area (Å²) >= 11 is 6.24. The number of amides is 1. The van der Waals surface area contributed by atoms with Crippen LogP contribution >= 0.6 is 11.6 Å². The number of nitrogens with one attached hydrogen (secondary N) is 2. The molecule has 4 rings (SSSR count). The number of quaternary nitrogens is 1. The maximum atomic E-state index is 13.8. The van der Waals surface area contributed by atoms with Crippen LogP contribution in [0.5, 0.6) is 0 Å². The number of morpholine rings is 1. The molecule has 10 heteroatoms. The van der Waals surface area contributed by atoms with Gasteiger partial charge in [0.05, 0.1) is 32.9 Å². The third-order valence-electron chi connectivity index (χ3n) is 6.88. The van der Waals surface area contributed by atoms with Crippen LogP contribution in [0.25, 0.3) is 5.76 Å². The van der Waals surface area contributed by atoms with Crippen molar-refractivity contribution in [1.82, 2.24) is 9.88 Å². The van der Waals surface area contributed by atoms with E-state index >= 15 is 0 Å². The largest absolute Gasteiger partial charge is 0.872 e. The predicted octanol–water partition coefficient (Wildman–Crippen LogP) is 0.601. The number of benzene rings is 1. The Morgan fingerprint density at radius 1 is 1.28 bits per heavy atom. The Morgan fingerprint density at radius 3 is 2.67 bits per heavy atom. The fraction of sp³-hybridized carbons (Fsp3) is 0.423. The molecular formula is C26H30ClN3O6. The number of aromatic nitrogens is 1. The molecule has 2 aromatic rings. The number of H-pyrrole nitrogens is 1. The molecule has 2 aliphatic heterocycles. The zero-order valence-corrected chi connectivity index (χ0v) is 21.4. The third kappa shape index (κ3) is 4.91. The summed E-state index contributed by atoms with van der Waals surface area (Å²) in [6, 6.07) is 5.98. The highest BCUT2D eigenvalue weighted by atomic mass is 35.5. The lowest BCUT2D eigenvalue weighted by molar-refractivity contribution is -0.908. The van der Waals surface area contributed by atoms with Gasteiger partial charge in [0.25, 0.3) is 5.91 Å². The molecule has 0 radical (unpaired) electrons. The van der Waals surface area contributed by atoms with Gasteiger partial charge in [-0.15, -0.1) is 0 Å². The van der Waals surface area contributed by atoms with E-state index in [1.165, 1.54) is 16.9 Å². The maximum Gasteiger partial charge on any atom is 0.354 e. The fourth-order valence-corrected chi connectivity index (χ4v) is 5.26. The molecule has 1 atom stereocenters. The Hall–Kier alpha value is -3.14. The molecular weight excluding hydrogens is 486 g/mol. The van der Waals surface area contributed by atoms with Gasteiger partial charge in [0.15, 0.2) is 0 Å². The number of halogens is 1. The summed E-state index contributed by atoms with van der Waals surface area (Å²) < 4.78 is 10.2. The van der Waals surface area contributed by atoms with Gasteiger partial charge in [-0.05, 0) is 42.7 Å². The van der Waals surface area contributed by atoms with E-state index < -0.39 is 29.5 Å². The molecule has 36 heavy (non-hydrogen) atoms. The molecule has 2 saturated heterocycles. The normalized spacial score (nSPS) is 20.2. The summed E-state index contributed by atoms with van der Waals surface area (Å²) in [5.74, 6) is -2.74. The van der Waals surface area contributed by atoms with Crippen molar-refractivity contribution in [2.75, 3.05) is 46.5 Å². The van der Waals surface area contributed by atoms with Crippen LogP contribution in [0.3, 0.4) is 0 Å². The maximum absolute atomic E-state index is 13.8. The van der Waals surface area contributed by atoms with Crippen LogP contribution in [0, 0.1) is 13.8 Å². The van der Waals surface area contributed by atoms with Gasteiger partial charge in [-0.2, -0.15) is 0 Å². The van der Waals surface area contributed by atoms with Crippen molar-refractivity contribution in [2.45, 2.75) is 26.3 Å². The van der Waals surface area contributed by atoms with Crippen LogP contribution in [0.4, 0.5) is 0 Å². The Balaban J connectivity index is 1.75. The molecule has 3 heterocycles. The van der Waals surface area contributed by atoms with Crippen molar-refractivity contribution in [2.24, 2.45) is 0 Å². The minimum atomic E-state index is -0.869. The van der Waals surface area contributed by atoms with Crippen molar-refractivity contribution >= 4 is 35.0 Å². The third-order valence-corrected chi connectivity index (χ3v) is 7.11. The fourth-order valence-electron chi connectivity index (χ4n) is 5.07. The average molecular weight is 516 g/mol. The quantitative estimate of drug-likeness (QED) is 0.241. The Bertz CT molecular complexity index is 1210. The number of aryl methyl sites for hydroxylation is 1. The zero-order valence-electron chi connectivity index (χ0n) is 20.6. The first-order chi connectivity index (χ1) is 17.2. The van der Waals surface area contributed by atoms with Crippen molar-refractivity contribution in [1.29, 1.82) is 0 Å². The van der Waals surface area contributed by atoms with Gasteiger partial charge in [0.1, 0.15) is 18.8 Å². The van der Waals surface area contributed by atoms with E-state index in [1.807, 2.05) is 0 Å². The number of hydrogen-bond acceptors (Lipinski definition) is 6.